The highest BCUT2D eigenvalue weighted by molar-refractivity contribution is 9.10. The number of thiazole rings is 1. The fourth-order valence-corrected chi connectivity index (χ4v) is 4.02. The van der Waals surface area contributed by atoms with Gasteiger partial charge >= 0.3 is 0 Å². The van der Waals surface area contributed by atoms with Crippen molar-refractivity contribution in [1.29, 1.82) is 5.26 Å². The molecule has 0 bridgehead atoms. The van der Waals surface area contributed by atoms with E-state index in [1.54, 1.807) is 24.1 Å². The molecule has 0 spiro atoms. The summed E-state index contributed by atoms with van der Waals surface area (Å²) in [5.74, 6) is -0.00231. The van der Waals surface area contributed by atoms with Crippen molar-refractivity contribution < 1.29 is 9.53 Å². The van der Waals surface area contributed by atoms with Crippen molar-refractivity contribution in [2.24, 2.45) is 0 Å². The molecule has 0 unspecified atom stereocenters. The number of carbonyl (C=O) groups is 1. The van der Waals surface area contributed by atoms with Crippen LogP contribution in [-0.2, 0) is 22.5 Å². The van der Waals surface area contributed by atoms with Crippen molar-refractivity contribution in [2.45, 2.75) is 13.0 Å². The van der Waals surface area contributed by atoms with E-state index in [-0.39, 0.29) is 12.3 Å². The molecule has 0 N–H and O–H groups in total. The molecule has 0 atom stereocenters. The van der Waals surface area contributed by atoms with E-state index in [1.807, 2.05) is 41.8 Å². The van der Waals surface area contributed by atoms with Crippen LogP contribution >= 0.6 is 27.3 Å². The molecule has 148 valence electrons. The third-order valence-electron chi connectivity index (χ3n) is 4.33. The summed E-state index contributed by atoms with van der Waals surface area (Å²) < 4.78 is 6.16. The Kier molecular flexibility index (Phi) is 7.53. The number of amides is 1. The number of hydrogen-bond donors (Lipinski definition) is 0. The van der Waals surface area contributed by atoms with E-state index in [2.05, 4.69) is 27.0 Å². The van der Waals surface area contributed by atoms with E-state index < -0.39 is 0 Å². The van der Waals surface area contributed by atoms with E-state index in [1.165, 1.54) is 11.3 Å². The molecule has 0 saturated heterocycles. The number of nitriles is 1. The minimum absolute atomic E-state index is 0.00231. The van der Waals surface area contributed by atoms with E-state index in [0.717, 1.165) is 26.3 Å². The van der Waals surface area contributed by atoms with Gasteiger partial charge in [-0.1, -0.05) is 40.2 Å². The molecule has 3 aromatic rings. The topological polar surface area (TPSA) is 66.2 Å². The molecule has 0 aliphatic rings. The zero-order chi connectivity index (χ0) is 20.6. The van der Waals surface area contributed by atoms with Crippen LogP contribution in [0.5, 0.6) is 0 Å². The average molecular weight is 470 g/mol. The van der Waals surface area contributed by atoms with Crippen LogP contribution < -0.4 is 0 Å². The Balaban J connectivity index is 1.70. The molecule has 5 nitrogen and oxygen atoms in total. The van der Waals surface area contributed by atoms with E-state index >= 15 is 0 Å². The number of methoxy groups -OCH3 is 1. The predicted molar refractivity (Wildman–Crippen MR) is 117 cm³/mol. The summed E-state index contributed by atoms with van der Waals surface area (Å²) in [5, 5.41) is 11.8. The fraction of sp³-hybridized carbons (Fsp3) is 0.227. The number of hydrogen-bond acceptors (Lipinski definition) is 5. The molecular weight excluding hydrogens is 450 g/mol. The van der Waals surface area contributed by atoms with Crippen LogP contribution in [-0.4, -0.2) is 36.1 Å². The van der Waals surface area contributed by atoms with Crippen molar-refractivity contribution in [1.82, 2.24) is 9.88 Å². The van der Waals surface area contributed by atoms with Crippen LogP contribution in [0.3, 0.4) is 0 Å². The maximum atomic E-state index is 12.9. The number of ether oxygens (including phenoxy) is 1. The number of halogens is 1. The minimum atomic E-state index is -0.00231. The zero-order valence-corrected chi connectivity index (χ0v) is 18.4. The van der Waals surface area contributed by atoms with Gasteiger partial charge in [-0.15, -0.1) is 11.3 Å². The highest BCUT2D eigenvalue weighted by atomic mass is 79.9. The quantitative estimate of drug-likeness (QED) is 0.480. The molecule has 0 aliphatic carbocycles. The predicted octanol–water partition coefficient (Wildman–Crippen LogP) is 4.66. The Hall–Kier alpha value is -2.53. The molecule has 0 radical (unpaired) electrons. The molecule has 0 fully saturated rings. The number of carbonyl (C=O) groups excluding carboxylic acids is 1. The van der Waals surface area contributed by atoms with Crippen molar-refractivity contribution >= 4 is 33.2 Å². The van der Waals surface area contributed by atoms with Gasteiger partial charge in [0, 0.05) is 35.6 Å². The first-order chi connectivity index (χ1) is 14.1. The smallest absolute Gasteiger partial charge is 0.228 e. The van der Waals surface area contributed by atoms with Gasteiger partial charge < -0.3 is 9.64 Å². The lowest BCUT2D eigenvalue weighted by Crippen LogP contribution is -2.34. The van der Waals surface area contributed by atoms with Crippen molar-refractivity contribution in [3.63, 3.8) is 0 Å². The lowest BCUT2D eigenvalue weighted by Gasteiger charge is -2.22. The third-order valence-corrected chi connectivity index (χ3v) is 5.76. The normalized spacial score (nSPS) is 10.5. The molecule has 1 heterocycles. The Morgan fingerprint density at radius 2 is 2.07 bits per heavy atom. The summed E-state index contributed by atoms with van der Waals surface area (Å²) in [5.41, 5.74) is 3.36. The average Bonchev–Trinajstić information content (AvgIpc) is 3.20. The lowest BCUT2D eigenvalue weighted by molar-refractivity contribution is -0.131. The van der Waals surface area contributed by atoms with Crippen LogP contribution in [0.25, 0.3) is 10.6 Å². The summed E-state index contributed by atoms with van der Waals surface area (Å²) in [6.07, 6.45) is 0.241. The monoisotopic (exact) mass is 469 g/mol. The van der Waals surface area contributed by atoms with Gasteiger partial charge in [-0.2, -0.15) is 5.26 Å². The molecule has 1 aromatic heterocycles. The lowest BCUT2D eigenvalue weighted by atomic mass is 10.1. The first kappa shape index (κ1) is 21.2. The maximum absolute atomic E-state index is 12.9. The van der Waals surface area contributed by atoms with Crippen molar-refractivity contribution in [3.8, 4) is 16.6 Å². The van der Waals surface area contributed by atoms with Gasteiger partial charge in [0.1, 0.15) is 5.01 Å². The molecule has 29 heavy (non-hydrogen) atoms. The number of aromatic nitrogens is 1. The van der Waals surface area contributed by atoms with E-state index in [4.69, 9.17) is 10.00 Å². The Bertz CT molecular complexity index is 1010. The molecule has 7 heteroatoms. The number of nitrogens with zero attached hydrogens (tertiary/aromatic N) is 3. The van der Waals surface area contributed by atoms with E-state index in [9.17, 15) is 4.79 Å². The van der Waals surface area contributed by atoms with Crippen LogP contribution in [0.2, 0.25) is 0 Å². The van der Waals surface area contributed by atoms with Crippen LogP contribution in [0, 0.1) is 11.3 Å². The SMILES string of the molecule is COCCN(Cc1ccc(C#N)cc1)C(=O)Cc1csc(-c2cccc(Br)c2)n1. The van der Waals surface area contributed by atoms with Crippen LogP contribution in [0.1, 0.15) is 16.8 Å². The number of benzene rings is 2. The highest BCUT2D eigenvalue weighted by Gasteiger charge is 2.17. The summed E-state index contributed by atoms with van der Waals surface area (Å²) >= 11 is 5.01. The zero-order valence-electron chi connectivity index (χ0n) is 16.0. The molecule has 3 rings (SSSR count). The largest absolute Gasteiger partial charge is 0.383 e. The van der Waals surface area contributed by atoms with Crippen molar-refractivity contribution in [2.75, 3.05) is 20.3 Å². The Morgan fingerprint density at radius 3 is 2.76 bits per heavy atom. The first-order valence-corrected chi connectivity index (χ1v) is 10.7. The molecule has 1 amide bonds. The van der Waals surface area contributed by atoms with E-state index in [0.29, 0.717) is 25.3 Å². The van der Waals surface area contributed by atoms with Gasteiger partial charge in [0.2, 0.25) is 5.91 Å². The van der Waals surface area contributed by atoms with Gasteiger partial charge in [-0.05, 0) is 29.8 Å². The molecule has 0 aliphatic heterocycles. The molecular formula is C22H20BrN3O2S. The summed E-state index contributed by atoms with van der Waals surface area (Å²) in [6.45, 7) is 1.43. The number of rotatable bonds is 8. The standard InChI is InChI=1S/C22H20BrN3O2S/c1-28-10-9-26(14-17-7-5-16(13-24)6-8-17)21(27)12-20-15-29-22(25-20)18-3-2-4-19(23)11-18/h2-8,11,15H,9-10,12,14H2,1H3. The van der Waals surface area contributed by atoms with Gasteiger partial charge in [0.25, 0.3) is 0 Å². The second-order valence-corrected chi connectivity index (χ2v) is 8.22. The Labute approximate surface area is 182 Å². The summed E-state index contributed by atoms with van der Waals surface area (Å²) in [6, 6.07) is 17.3. The molecule has 2 aromatic carbocycles. The van der Waals surface area contributed by atoms with Gasteiger partial charge in [-0.25, -0.2) is 4.98 Å². The van der Waals surface area contributed by atoms with Crippen LogP contribution in [0.15, 0.2) is 58.4 Å². The van der Waals surface area contributed by atoms with Crippen molar-refractivity contribution in [3.05, 3.63) is 75.2 Å². The molecule has 0 saturated carbocycles. The van der Waals surface area contributed by atoms with Gasteiger partial charge in [-0.3, -0.25) is 4.79 Å². The fourth-order valence-electron chi connectivity index (χ4n) is 2.81. The highest BCUT2D eigenvalue weighted by Crippen LogP contribution is 2.26. The second-order valence-electron chi connectivity index (χ2n) is 6.45. The third kappa shape index (κ3) is 5.97. The minimum Gasteiger partial charge on any atom is -0.383 e. The second kappa shape index (κ2) is 10.3. The van der Waals surface area contributed by atoms with Gasteiger partial charge in [0.05, 0.1) is 30.4 Å². The van der Waals surface area contributed by atoms with Crippen LogP contribution in [0.4, 0.5) is 0 Å². The maximum Gasteiger partial charge on any atom is 0.228 e. The summed E-state index contributed by atoms with van der Waals surface area (Å²) in [7, 11) is 1.62. The van der Waals surface area contributed by atoms with Gasteiger partial charge in [0.15, 0.2) is 0 Å². The summed E-state index contributed by atoms with van der Waals surface area (Å²) in [4.78, 5) is 19.3. The first-order valence-electron chi connectivity index (χ1n) is 9.05. The Morgan fingerprint density at radius 1 is 1.28 bits per heavy atom.